The first kappa shape index (κ1) is 12.2. The van der Waals surface area contributed by atoms with Crippen molar-refractivity contribution in [2.75, 3.05) is 7.11 Å². The smallest absolute Gasteiger partial charge is 0.357 e. The molecule has 4 rings (SSSR count). The monoisotopic (exact) mass is 275 g/mol. The summed E-state index contributed by atoms with van der Waals surface area (Å²) in [5.41, 5.74) is 2.23. The molecule has 1 aromatic rings. The van der Waals surface area contributed by atoms with E-state index in [1.165, 1.54) is 7.11 Å². The Balaban J connectivity index is 1.75. The van der Waals surface area contributed by atoms with Gasteiger partial charge in [-0.3, -0.25) is 0 Å². The van der Waals surface area contributed by atoms with Crippen molar-refractivity contribution in [2.24, 2.45) is 0 Å². The normalized spacial score (nSPS) is 30.6. The molecule has 106 valence electrons. The molecule has 4 heterocycles. The minimum absolute atomic E-state index is 0.220. The summed E-state index contributed by atoms with van der Waals surface area (Å²) in [6.45, 7) is 1.32. The van der Waals surface area contributed by atoms with Gasteiger partial charge in [0, 0.05) is 24.6 Å². The van der Waals surface area contributed by atoms with Gasteiger partial charge in [-0.25, -0.2) is 14.8 Å². The van der Waals surface area contributed by atoms with Crippen LogP contribution in [0, 0.1) is 0 Å². The first-order chi connectivity index (χ1) is 9.76. The third-order valence-corrected chi connectivity index (χ3v) is 4.52. The van der Waals surface area contributed by atoms with Crippen LogP contribution in [0.4, 0.5) is 0 Å². The lowest BCUT2D eigenvalue weighted by Gasteiger charge is -2.18. The largest absolute Gasteiger partial charge is 0.464 e. The SMILES string of the molecule is COC(=O)c1nc(C2CC3CCC2O3)nc2c1CNC2. The molecule has 6 nitrogen and oxygen atoms in total. The van der Waals surface area contributed by atoms with Crippen molar-refractivity contribution >= 4 is 5.97 Å². The Hall–Kier alpha value is -1.53. The number of fused-ring (bicyclic) bond motifs is 3. The van der Waals surface area contributed by atoms with Gasteiger partial charge in [-0.1, -0.05) is 0 Å². The number of ether oxygens (including phenoxy) is 2. The number of methoxy groups -OCH3 is 1. The molecule has 2 bridgehead atoms. The summed E-state index contributed by atoms with van der Waals surface area (Å²) >= 11 is 0. The summed E-state index contributed by atoms with van der Waals surface area (Å²) in [5.74, 6) is 0.598. The number of nitrogens with one attached hydrogen (secondary N) is 1. The molecule has 3 aliphatic rings. The van der Waals surface area contributed by atoms with Crippen molar-refractivity contribution in [2.45, 2.75) is 50.5 Å². The summed E-state index contributed by atoms with van der Waals surface area (Å²) in [4.78, 5) is 21.1. The zero-order valence-electron chi connectivity index (χ0n) is 11.4. The lowest BCUT2D eigenvalue weighted by atomic mass is 9.88. The molecule has 0 saturated carbocycles. The van der Waals surface area contributed by atoms with Crippen LogP contribution < -0.4 is 5.32 Å². The van der Waals surface area contributed by atoms with Crippen LogP contribution in [0.25, 0.3) is 0 Å². The maximum absolute atomic E-state index is 11.9. The van der Waals surface area contributed by atoms with Gasteiger partial charge < -0.3 is 14.8 Å². The molecule has 0 amide bonds. The van der Waals surface area contributed by atoms with Gasteiger partial charge in [0.2, 0.25) is 0 Å². The highest BCUT2D eigenvalue weighted by molar-refractivity contribution is 5.89. The van der Waals surface area contributed by atoms with Crippen LogP contribution in [0.3, 0.4) is 0 Å². The van der Waals surface area contributed by atoms with E-state index in [-0.39, 0.29) is 18.0 Å². The molecule has 3 aliphatic heterocycles. The molecule has 2 saturated heterocycles. The van der Waals surface area contributed by atoms with E-state index in [2.05, 4.69) is 15.3 Å². The number of hydrogen-bond acceptors (Lipinski definition) is 6. The number of rotatable bonds is 2. The van der Waals surface area contributed by atoms with Gasteiger partial charge >= 0.3 is 5.97 Å². The molecule has 0 spiro atoms. The standard InChI is InChI=1S/C14H17N3O3/c1-19-14(18)12-9-5-15-6-10(9)16-13(17-12)8-4-7-2-3-11(8)20-7/h7-8,11,15H,2-6H2,1H3. The first-order valence-electron chi connectivity index (χ1n) is 7.10. The Bertz CT molecular complexity index is 575. The number of hydrogen-bond donors (Lipinski definition) is 1. The van der Waals surface area contributed by atoms with Gasteiger partial charge in [-0.15, -0.1) is 0 Å². The van der Waals surface area contributed by atoms with Crippen molar-refractivity contribution in [3.63, 3.8) is 0 Å². The Labute approximate surface area is 116 Å². The number of carbonyl (C=O) groups is 1. The predicted molar refractivity (Wildman–Crippen MR) is 69.2 cm³/mol. The molecule has 0 aromatic carbocycles. The number of aromatic nitrogens is 2. The molecular weight excluding hydrogens is 258 g/mol. The molecule has 0 radical (unpaired) electrons. The summed E-state index contributed by atoms with van der Waals surface area (Å²) in [7, 11) is 1.39. The highest BCUT2D eigenvalue weighted by Crippen LogP contribution is 2.43. The highest BCUT2D eigenvalue weighted by atomic mass is 16.5. The van der Waals surface area contributed by atoms with E-state index in [1.54, 1.807) is 0 Å². The van der Waals surface area contributed by atoms with E-state index in [0.717, 1.165) is 36.3 Å². The van der Waals surface area contributed by atoms with Crippen molar-refractivity contribution < 1.29 is 14.3 Å². The highest BCUT2D eigenvalue weighted by Gasteiger charge is 2.43. The quantitative estimate of drug-likeness (QED) is 0.808. The minimum Gasteiger partial charge on any atom is -0.464 e. The maximum atomic E-state index is 11.9. The summed E-state index contributed by atoms with van der Waals surface area (Å²) < 4.78 is 10.7. The third-order valence-electron chi connectivity index (χ3n) is 4.52. The van der Waals surface area contributed by atoms with E-state index >= 15 is 0 Å². The molecular formula is C14H17N3O3. The Kier molecular flexibility index (Phi) is 2.75. The molecule has 1 aromatic heterocycles. The van der Waals surface area contributed by atoms with Crippen LogP contribution >= 0.6 is 0 Å². The zero-order valence-corrected chi connectivity index (χ0v) is 11.4. The Morgan fingerprint density at radius 3 is 2.95 bits per heavy atom. The summed E-state index contributed by atoms with van der Waals surface area (Å²) in [6.07, 6.45) is 3.75. The van der Waals surface area contributed by atoms with Crippen LogP contribution in [-0.4, -0.2) is 35.3 Å². The van der Waals surface area contributed by atoms with E-state index in [9.17, 15) is 4.79 Å². The lowest BCUT2D eigenvalue weighted by molar-refractivity contribution is 0.0591. The summed E-state index contributed by atoms with van der Waals surface area (Å²) in [6, 6.07) is 0. The number of esters is 1. The number of carbonyl (C=O) groups excluding carboxylic acids is 1. The van der Waals surface area contributed by atoms with Gasteiger partial charge in [0.15, 0.2) is 5.69 Å². The molecule has 0 aliphatic carbocycles. The van der Waals surface area contributed by atoms with Gasteiger partial charge in [0.25, 0.3) is 0 Å². The van der Waals surface area contributed by atoms with Crippen molar-refractivity contribution in [1.82, 2.24) is 15.3 Å². The minimum atomic E-state index is -0.377. The topological polar surface area (TPSA) is 73.3 Å². The van der Waals surface area contributed by atoms with E-state index in [1.807, 2.05) is 0 Å². The van der Waals surface area contributed by atoms with E-state index in [0.29, 0.717) is 24.9 Å². The molecule has 1 N–H and O–H groups in total. The fourth-order valence-corrected chi connectivity index (χ4v) is 3.53. The van der Waals surface area contributed by atoms with Crippen molar-refractivity contribution in [3.05, 3.63) is 22.8 Å². The van der Waals surface area contributed by atoms with E-state index < -0.39 is 0 Å². The second kappa shape index (κ2) is 4.49. The Morgan fingerprint density at radius 2 is 2.25 bits per heavy atom. The zero-order chi connectivity index (χ0) is 13.7. The van der Waals surface area contributed by atoms with Gasteiger partial charge in [0.1, 0.15) is 5.82 Å². The van der Waals surface area contributed by atoms with Crippen LogP contribution in [0.5, 0.6) is 0 Å². The average Bonchev–Trinajstić information content (AvgIpc) is 3.20. The van der Waals surface area contributed by atoms with Crippen LogP contribution in [0.1, 0.15) is 52.8 Å². The van der Waals surface area contributed by atoms with E-state index in [4.69, 9.17) is 9.47 Å². The molecule has 20 heavy (non-hydrogen) atoms. The Morgan fingerprint density at radius 1 is 1.35 bits per heavy atom. The molecule has 2 fully saturated rings. The third kappa shape index (κ3) is 1.75. The van der Waals surface area contributed by atoms with Crippen LogP contribution in [0.15, 0.2) is 0 Å². The molecule has 6 heteroatoms. The van der Waals surface area contributed by atoms with Gasteiger partial charge in [0.05, 0.1) is 25.0 Å². The van der Waals surface area contributed by atoms with Gasteiger partial charge in [-0.05, 0) is 19.3 Å². The summed E-state index contributed by atoms with van der Waals surface area (Å²) in [5, 5.41) is 3.22. The fraction of sp³-hybridized carbons (Fsp3) is 0.643. The second-order valence-corrected chi connectivity index (χ2v) is 5.67. The predicted octanol–water partition coefficient (Wildman–Crippen LogP) is 0.901. The first-order valence-corrected chi connectivity index (χ1v) is 7.10. The maximum Gasteiger partial charge on any atom is 0.357 e. The number of nitrogens with zero attached hydrogens (tertiary/aromatic N) is 2. The van der Waals surface area contributed by atoms with Crippen molar-refractivity contribution in [3.8, 4) is 0 Å². The average molecular weight is 275 g/mol. The second-order valence-electron chi connectivity index (χ2n) is 5.67. The molecule has 3 unspecified atom stereocenters. The lowest BCUT2D eigenvalue weighted by Crippen LogP contribution is -2.20. The van der Waals surface area contributed by atoms with Crippen molar-refractivity contribution in [1.29, 1.82) is 0 Å². The van der Waals surface area contributed by atoms with Gasteiger partial charge in [-0.2, -0.15) is 0 Å². The van der Waals surface area contributed by atoms with Crippen LogP contribution in [0.2, 0.25) is 0 Å². The fourth-order valence-electron chi connectivity index (χ4n) is 3.53. The molecule has 3 atom stereocenters. The van der Waals surface area contributed by atoms with Crippen LogP contribution in [-0.2, 0) is 22.6 Å².